The fourth-order valence-electron chi connectivity index (χ4n) is 1.42. The number of esters is 1. The lowest BCUT2D eigenvalue weighted by molar-refractivity contribution is -0.144. The van der Waals surface area contributed by atoms with Gasteiger partial charge in [0.15, 0.2) is 0 Å². The van der Waals surface area contributed by atoms with Crippen LogP contribution in [-0.2, 0) is 9.53 Å². The second kappa shape index (κ2) is 7.08. The number of halogens is 1. The van der Waals surface area contributed by atoms with Gasteiger partial charge in [0.25, 0.3) is 5.91 Å². The van der Waals surface area contributed by atoms with Crippen molar-refractivity contribution in [3.05, 3.63) is 19.9 Å². The number of carbonyl (C=O) groups is 2. The van der Waals surface area contributed by atoms with Crippen LogP contribution >= 0.6 is 33.9 Å². The first kappa shape index (κ1) is 15.4. The molecular weight excluding hydrogens is 365 g/mol. The molecule has 0 aliphatic carbocycles. The summed E-state index contributed by atoms with van der Waals surface area (Å²) in [6.07, 6.45) is 0. The van der Waals surface area contributed by atoms with Gasteiger partial charge < -0.3 is 9.64 Å². The van der Waals surface area contributed by atoms with Crippen molar-refractivity contribution in [2.45, 2.75) is 26.8 Å². The maximum atomic E-state index is 12.3. The number of ether oxygens (including phenoxy) is 1. The van der Waals surface area contributed by atoms with Gasteiger partial charge in [0, 0.05) is 11.4 Å². The molecule has 0 aromatic carbocycles. The van der Waals surface area contributed by atoms with Gasteiger partial charge in [-0.3, -0.25) is 9.59 Å². The molecule has 4 nitrogen and oxygen atoms in total. The van der Waals surface area contributed by atoms with Gasteiger partial charge in [0.2, 0.25) is 0 Å². The average Bonchev–Trinajstić information content (AvgIpc) is 2.72. The lowest BCUT2D eigenvalue weighted by atomic mass is 10.2. The van der Waals surface area contributed by atoms with Gasteiger partial charge in [-0.1, -0.05) is 0 Å². The first-order valence-corrected chi connectivity index (χ1v) is 7.62. The van der Waals surface area contributed by atoms with E-state index in [-0.39, 0.29) is 24.5 Å². The first-order valence-electron chi connectivity index (χ1n) is 5.66. The zero-order valence-electron chi connectivity index (χ0n) is 10.6. The molecule has 0 saturated carbocycles. The zero-order chi connectivity index (χ0) is 13.7. The molecule has 1 rings (SSSR count). The monoisotopic (exact) mass is 381 g/mol. The Morgan fingerprint density at radius 1 is 1.50 bits per heavy atom. The van der Waals surface area contributed by atoms with Gasteiger partial charge in [-0.05, 0) is 49.4 Å². The molecular formula is C12H16INO3S. The summed E-state index contributed by atoms with van der Waals surface area (Å²) in [5, 5.41) is 1.81. The SMILES string of the molecule is CCOC(=O)CN(C(=O)c1csc(I)c1)C(C)C. The molecule has 1 heterocycles. The minimum Gasteiger partial charge on any atom is -0.465 e. The van der Waals surface area contributed by atoms with Gasteiger partial charge in [0.1, 0.15) is 6.54 Å². The topological polar surface area (TPSA) is 46.6 Å². The average molecular weight is 381 g/mol. The molecule has 0 radical (unpaired) electrons. The second-order valence-corrected chi connectivity index (χ2v) is 6.78. The molecule has 1 aromatic heterocycles. The Balaban J connectivity index is 2.79. The summed E-state index contributed by atoms with van der Waals surface area (Å²) in [6, 6.07) is 1.79. The van der Waals surface area contributed by atoms with Crippen molar-refractivity contribution in [3.8, 4) is 0 Å². The predicted octanol–water partition coefficient (Wildman–Crippen LogP) is 2.77. The zero-order valence-corrected chi connectivity index (χ0v) is 13.6. The molecule has 0 unspecified atom stereocenters. The van der Waals surface area contributed by atoms with Gasteiger partial charge in [-0.25, -0.2) is 0 Å². The summed E-state index contributed by atoms with van der Waals surface area (Å²) >= 11 is 3.68. The highest BCUT2D eigenvalue weighted by Gasteiger charge is 2.22. The van der Waals surface area contributed by atoms with Crippen molar-refractivity contribution in [1.29, 1.82) is 0 Å². The summed E-state index contributed by atoms with van der Waals surface area (Å²) in [5.41, 5.74) is 0.627. The minimum atomic E-state index is -0.371. The van der Waals surface area contributed by atoms with E-state index in [0.29, 0.717) is 12.2 Å². The van der Waals surface area contributed by atoms with Crippen LogP contribution in [0.2, 0.25) is 0 Å². The highest BCUT2D eigenvalue weighted by atomic mass is 127. The molecule has 100 valence electrons. The summed E-state index contributed by atoms with van der Waals surface area (Å²) in [5.74, 6) is -0.498. The Morgan fingerprint density at radius 2 is 2.17 bits per heavy atom. The number of rotatable bonds is 5. The van der Waals surface area contributed by atoms with Crippen LogP contribution in [0.3, 0.4) is 0 Å². The van der Waals surface area contributed by atoms with Crippen molar-refractivity contribution in [2.24, 2.45) is 0 Å². The molecule has 0 aliphatic heterocycles. The van der Waals surface area contributed by atoms with Crippen LogP contribution in [-0.4, -0.2) is 36.0 Å². The molecule has 0 bridgehead atoms. The number of thiophene rings is 1. The van der Waals surface area contributed by atoms with Crippen LogP contribution in [0.4, 0.5) is 0 Å². The second-order valence-electron chi connectivity index (χ2n) is 3.97. The molecule has 1 amide bonds. The van der Waals surface area contributed by atoms with Crippen LogP contribution in [0, 0.1) is 2.88 Å². The number of nitrogens with zero attached hydrogens (tertiary/aromatic N) is 1. The summed E-state index contributed by atoms with van der Waals surface area (Å²) in [7, 11) is 0. The summed E-state index contributed by atoms with van der Waals surface area (Å²) in [6.45, 7) is 5.84. The van der Waals surface area contributed by atoms with Gasteiger partial charge in [-0.2, -0.15) is 0 Å². The summed E-state index contributed by atoms with van der Waals surface area (Å²) < 4.78 is 5.93. The van der Waals surface area contributed by atoms with E-state index in [0.717, 1.165) is 2.88 Å². The van der Waals surface area contributed by atoms with Gasteiger partial charge >= 0.3 is 5.97 Å². The molecule has 18 heavy (non-hydrogen) atoms. The smallest absolute Gasteiger partial charge is 0.325 e. The molecule has 0 spiro atoms. The van der Waals surface area contributed by atoms with Gasteiger partial charge in [-0.15, -0.1) is 11.3 Å². The van der Waals surface area contributed by atoms with E-state index in [2.05, 4.69) is 22.6 Å². The Labute approximate surface area is 124 Å². The number of hydrogen-bond donors (Lipinski definition) is 0. The third-order valence-corrected chi connectivity index (χ3v) is 4.09. The Hall–Kier alpha value is -0.630. The third-order valence-electron chi connectivity index (χ3n) is 2.30. The number of amides is 1. The van der Waals surface area contributed by atoms with Crippen LogP contribution in [0.15, 0.2) is 11.4 Å². The van der Waals surface area contributed by atoms with Crippen LogP contribution in [0.5, 0.6) is 0 Å². The maximum Gasteiger partial charge on any atom is 0.325 e. The van der Waals surface area contributed by atoms with Gasteiger partial charge in [0.05, 0.1) is 15.1 Å². The normalized spacial score (nSPS) is 10.5. The van der Waals surface area contributed by atoms with Crippen LogP contribution in [0.25, 0.3) is 0 Å². The maximum absolute atomic E-state index is 12.3. The number of hydrogen-bond acceptors (Lipinski definition) is 4. The van der Waals surface area contributed by atoms with E-state index >= 15 is 0 Å². The fourth-order valence-corrected chi connectivity index (χ4v) is 2.74. The standard InChI is InChI=1S/C12H16INO3S/c1-4-17-11(15)6-14(8(2)3)12(16)9-5-10(13)18-7-9/h5,7-8H,4,6H2,1-3H3. The molecule has 0 N–H and O–H groups in total. The fraction of sp³-hybridized carbons (Fsp3) is 0.500. The molecule has 1 aromatic rings. The van der Waals surface area contributed by atoms with E-state index in [1.54, 1.807) is 6.92 Å². The van der Waals surface area contributed by atoms with Crippen molar-refractivity contribution in [3.63, 3.8) is 0 Å². The minimum absolute atomic E-state index is 0.00321. The Morgan fingerprint density at radius 3 is 2.61 bits per heavy atom. The quantitative estimate of drug-likeness (QED) is 0.582. The van der Waals surface area contributed by atoms with E-state index in [4.69, 9.17) is 4.74 Å². The lowest BCUT2D eigenvalue weighted by Crippen LogP contribution is -2.41. The first-order chi connectivity index (χ1) is 8.45. The van der Waals surface area contributed by atoms with Crippen molar-refractivity contribution in [2.75, 3.05) is 13.2 Å². The Bertz CT molecular complexity index is 431. The predicted molar refractivity (Wildman–Crippen MR) is 79.8 cm³/mol. The Kier molecular flexibility index (Phi) is 6.07. The van der Waals surface area contributed by atoms with Crippen LogP contribution in [0.1, 0.15) is 31.1 Å². The largest absolute Gasteiger partial charge is 0.465 e. The van der Waals surface area contributed by atoms with E-state index < -0.39 is 0 Å². The molecule has 0 aliphatic rings. The van der Waals surface area contributed by atoms with Crippen molar-refractivity contribution >= 4 is 45.8 Å². The molecule has 0 saturated heterocycles. The van der Waals surface area contributed by atoms with Crippen LogP contribution < -0.4 is 0 Å². The number of carbonyl (C=O) groups excluding carboxylic acids is 2. The molecule has 6 heteroatoms. The lowest BCUT2D eigenvalue weighted by Gasteiger charge is -2.25. The summed E-state index contributed by atoms with van der Waals surface area (Å²) in [4.78, 5) is 25.3. The third kappa shape index (κ3) is 4.24. The van der Waals surface area contributed by atoms with E-state index in [1.165, 1.54) is 16.2 Å². The van der Waals surface area contributed by atoms with Crippen molar-refractivity contribution in [1.82, 2.24) is 4.90 Å². The van der Waals surface area contributed by atoms with E-state index in [9.17, 15) is 9.59 Å². The molecule has 0 fully saturated rings. The van der Waals surface area contributed by atoms with E-state index in [1.807, 2.05) is 25.3 Å². The molecule has 0 atom stereocenters. The highest BCUT2D eigenvalue weighted by Crippen LogP contribution is 2.19. The van der Waals surface area contributed by atoms with Crippen molar-refractivity contribution < 1.29 is 14.3 Å². The highest BCUT2D eigenvalue weighted by molar-refractivity contribution is 14.1.